The molecule has 190 valence electrons. The summed E-state index contributed by atoms with van der Waals surface area (Å²) in [7, 11) is 5.74. The number of ether oxygens (including phenoxy) is 1. The molecule has 0 bridgehead atoms. The Balaban J connectivity index is 1.49. The van der Waals surface area contributed by atoms with Gasteiger partial charge in [0.15, 0.2) is 11.5 Å². The normalized spacial score (nSPS) is 16.1. The minimum absolute atomic E-state index is 0.136. The number of thiazole rings is 1. The van der Waals surface area contributed by atoms with Crippen LogP contribution in [-0.4, -0.2) is 79.7 Å². The van der Waals surface area contributed by atoms with Crippen LogP contribution in [0.25, 0.3) is 0 Å². The molecule has 1 amide bonds. The van der Waals surface area contributed by atoms with E-state index in [4.69, 9.17) is 9.72 Å². The molecule has 0 saturated carbocycles. The van der Waals surface area contributed by atoms with E-state index in [1.807, 2.05) is 25.8 Å². The van der Waals surface area contributed by atoms with E-state index in [0.29, 0.717) is 29.7 Å². The maximum atomic E-state index is 13.2. The highest BCUT2D eigenvalue weighted by Gasteiger charge is 2.33. The van der Waals surface area contributed by atoms with Gasteiger partial charge in [-0.15, -0.1) is 11.3 Å². The number of piperazine rings is 1. The Kier molecular flexibility index (Phi) is 6.44. The molecule has 0 aliphatic carbocycles. The lowest BCUT2D eigenvalue weighted by Gasteiger charge is -2.35. The van der Waals surface area contributed by atoms with Crippen LogP contribution in [0.3, 0.4) is 0 Å². The number of carbonyl (C=O) groups is 1. The quantitative estimate of drug-likeness (QED) is 0.553. The second-order valence-electron chi connectivity index (χ2n) is 9.15. The number of likely N-dealkylation sites (N-methyl/N-ethyl adjacent to an activating group) is 1. The zero-order chi connectivity index (χ0) is 25.6. The Bertz CT molecular complexity index is 1300. The van der Waals surface area contributed by atoms with Crippen molar-refractivity contribution in [1.82, 2.24) is 19.9 Å². The number of rotatable bonds is 5. The summed E-state index contributed by atoms with van der Waals surface area (Å²) in [5.74, 6) is 1.67. The molecule has 36 heavy (non-hydrogen) atoms. The molecular weight excluding hydrogens is 476 g/mol. The number of aromatic nitrogens is 3. The molecule has 4 heterocycles. The van der Waals surface area contributed by atoms with Crippen LogP contribution in [0.5, 0.6) is 5.75 Å². The SMILES string of the molecule is CCN1C(=O)c2nc(C)sc2N(C)c2nc(Nc3cc(C)c(N4CCN(C)CC4)cc3OC)ncc21. The zero-order valence-electron chi connectivity index (χ0n) is 21.6. The number of benzene rings is 1. The highest BCUT2D eigenvalue weighted by molar-refractivity contribution is 7.16. The first-order chi connectivity index (χ1) is 17.3. The molecule has 1 fully saturated rings. The van der Waals surface area contributed by atoms with Crippen molar-refractivity contribution < 1.29 is 9.53 Å². The minimum Gasteiger partial charge on any atom is -0.494 e. The Morgan fingerprint density at radius 3 is 2.53 bits per heavy atom. The van der Waals surface area contributed by atoms with Gasteiger partial charge >= 0.3 is 0 Å². The fourth-order valence-electron chi connectivity index (χ4n) is 4.75. The second kappa shape index (κ2) is 9.55. The molecule has 10 nitrogen and oxygen atoms in total. The number of amides is 1. The molecular formula is C25H32N8O2S. The van der Waals surface area contributed by atoms with Crippen molar-refractivity contribution in [2.45, 2.75) is 20.8 Å². The number of nitrogens with one attached hydrogen (secondary N) is 1. The van der Waals surface area contributed by atoms with Gasteiger partial charge in [-0.3, -0.25) is 4.79 Å². The van der Waals surface area contributed by atoms with Crippen LogP contribution in [0.1, 0.15) is 28.0 Å². The molecule has 0 unspecified atom stereocenters. The predicted octanol–water partition coefficient (Wildman–Crippen LogP) is 3.80. The fraction of sp³-hybridized carbons (Fsp3) is 0.440. The number of hydrogen-bond acceptors (Lipinski definition) is 10. The van der Waals surface area contributed by atoms with Crippen molar-refractivity contribution in [3.63, 3.8) is 0 Å². The number of anilines is 6. The van der Waals surface area contributed by atoms with Crippen molar-refractivity contribution in [2.24, 2.45) is 0 Å². The minimum atomic E-state index is -0.136. The van der Waals surface area contributed by atoms with E-state index < -0.39 is 0 Å². The monoisotopic (exact) mass is 508 g/mol. The van der Waals surface area contributed by atoms with E-state index in [1.165, 1.54) is 17.0 Å². The summed E-state index contributed by atoms with van der Waals surface area (Å²) >= 11 is 1.48. The van der Waals surface area contributed by atoms with Gasteiger partial charge in [0.25, 0.3) is 5.91 Å². The molecule has 2 aromatic heterocycles. The van der Waals surface area contributed by atoms with Crippen LogP contribution in [0.4, 0.5) is 33.8 Å². The maximum Gasteiger partial charge on any atom is 0.280 e. The Morgan fingerprint density at radius 2 is 1.83 bits per heavy atom. The molecule has 0 spiro atoms. The van der Waals surface area contributed by atoms with Crippen LogP contribution in [0.2, 0.25) is 0 Å². The third-order valence-corrected chi connectivity index (χ3v) is 7.80. The molecule has 1 N–H and O–H groups in total. The van der Waals surface area contributed by atoms with Gasteiger partial charge in [0.1, 0.15) is 16.4 Å². The standard InChI is InChI=1S/C25H32N8O2S/c1-7-33-19-14-26-25(29-22(19)31(5)24-21(23(33)34)27-16(3)36-24)28-17-12-15(2)18(13-20(17)35-6)32-10-8-30(4)9-11-32/h12-14H,7-11H2,1-6H3,(H,26,28,29). The van der Waals surface area contributed by atoms with E-state index >= 15 is 0 Å². The van der Waals surface area contributed by atoms with Crippen molar-refractivity contribution in [2.75, 3.05) is 73.9 Å². The number of methoxy groups -OCH3 is 1. The third-order valence-electron chi connectivity index (χ3n) is 6.75. The molecule has 3 aromatic rings. The molecule has 5 rings (SSSR count). The summed E-state index contributed by atoms with van der Waals surface area (Å²) in [5, 5.41) is 4.97. The number of carbonyl (C=O) groups excluding carboxylic acids is 1. The van der Waals surface area contributed by atoms with Crippen LogP contribution in [-0.2, 0) is 0 Å². The largest absolute Gasteiger partial charge is 0.494 e. The van der Waals surface area contributed by atoms with E-state index in [2.05, 4.69) is 51.2 Å². The Labute approximate surface area is 215 Å². The summed E-state index contributed by atoms with van der Waals surface area (Å²) in [6.45, 7) is 10.5. The van der Waals surface area contributed by atoms with Crippen molar-refractivity contribution in [3.05, 3.63) is 34.6 Å². The average Bonchev–Trinajstić information content (AvgIpc) is 3.24. The summed E-state index contributed by atoms with van der Waals surface area (Å²) in [6, 6.07) is 4.17. The molecule has 2 aliphatic heterocycles. The maximum absolute atomic E-state index is 13.2. The third kappa shape index (κ3) is 4.22. The van der Waals surface area contributed by atoms with Gasteiger partial charge in [-0.25, -0.2) is 9.97 Å². The molecule has 0 atom stereocenters. The van der Waals surface area contributed by atoms with E-state index in [-0.39, 0.29) is 5.91 Å². The number of hydrogen-bond donors (Lipinski definition) is 1. The van der Waals surface area contributed by atoms with Gasteiger partial charge in [-0.05, 0) is 39.4 Å². The van der Waals surface area contributed by atoms with E-state index in [9.17, 15) is 4.79 Å². The van der Waals surface area contributed by atoms with Crippen molar-refractivity contribution in [1.29, 1.82) is 0 Å². The van der Waals surface area contributed by atoms with Crippen molar-refractivity contribution in [3.8, 4) is 5.75 Å². The first kappa shape index (κ1) is 24.3. The van der Waals surface area contributed by atoms with E-state index in [1.54, 1.807) is 18.2 Å². The van der Waals surface area contributed by atoms with Crippen LogP contribution in [0.15, 0.2) is 18.3 Å². The average molecular weight is 509 g/mol. The lowest BCUT2D eigenvalue weighted by Crippen LogP contribution is -2.44. The summed E-state index contributed by atoms with van der Waals surface area (Å²) < 4.78 is 5.75. The van der Waals surface area contributed by atoms with Crippen LogP contribution in [0, 0.1) is 13.8 Å². The molecule has 2 aliphatic rings. The first-order valence-corrected chi connectivity index (χ1v) is 12.9. The van der Waals surface area contributed by atoms with Crippen molar-refractivity contribution >= 4 is 51.1 Å². The van der Waals surface area contributed by atoms with Gasteiger partial charge < -0.3 is 29.7 Å². The molecule has 11 heteroatoms. The molecule has 1 saturated heterocycles. The Morgan fingerprint density at radius 1 is 1.08 bits per heavy atom. The van der Waals surface area contributed by atoms with Gasteiger partial charge in [0, 0.05) is 51.5 Å². The summed E-state index contributed by atoms with van der Waals surface area (Å²) in [4.78, 5) is 35.4. The highest BCUT2D eigenvalue weighted by Crippen LogP contribution is 2.42. The molecule has 0 radical (unpaired) electrons. The van der Waals surface area contributed by atoms with Crippen LogP contribution >= 0.6 is 11.3 Å². The lowest BCUT2D eigenvalue weighted by molar-refractivity contribution is 0.0985. The topological polar surface area (TPSA) is 90.0 Å². The van der Waals surface area contributed by atoms with Gasteiger partial charge in [-0.2, -0.15) is 4.98 Å². The first-order valence-electron chi connectivity index (χ1n) is 12.1. The molecule has 1 aromatic carbocycles. The Hall–Kier alpha value is -3.44. The highest BCUT2D eigenvalue weighted by atomic mass is 32.1. The zero-order valence-corrected chi connectivity index (χ0v) is 22.4. The van der Waals surface area contributed by atoms with Gasteiger partial charge in [0.2, 0.25) is 5.95 Å². The summed E-state index contributed by atoms with van der Waals surface area (Å²) in [6.07, 6.45) is 1.70. The smallest absolute Gasteiger partial charge is 0.280 e. The van der Waals surface area contributed by atoms with Crippen LogP contribution < -0.4 is 24.8 Å². The van der Waals surface area contributed by atoms with Gasteiger partial charge in [-0.1, -0.05) is 0 Å². The second-order valence-corrected chi connectivity index (χ2v) is 10.3. The lowest BCUT2D eigenvalue weighted by atomic mass is 10.1. The van der Waals surface area contributed by atoms with E-state index in [0.717, 1.165) is 53.2 Å². The number of nitrogens with zero attached hydrogens (tertiary/aromatic N) is 7. The summed E-state index contributed by atoms with van der Waals surface area (Å²) in [5.41, 5.74) is 4.24. The predicted molar refractivity (Wildman–Crippen MR) is 145 cm³/mol. The van der Waals surface area contributed by atoms with Gasteiger partial charge in [0.05, 0.1) is 24.0 Å². The fourth-order valence-corrected chi connectivity index (χ4v) is 5.62. The number of aryl methyl sites for hydroxylation is 2. The number of fused-ring (bicyclic) bond motifs is 2.